The lowest BCUT2D eigenvalue weighted by atomic mass is 10.0. The minimum Gasteiger partial charge on any atom is -0.380 e. The summed E-state index contributed by atoms with van der Waals surface area (Å²) in [5.74, 6) is 0.801. The molecule has 0 aliphatic rings. The van der Waals surface area contributed by atoms with E-state index in [2.05, 4.69) is 34.4 Å². The van der Waals surface area contributed by atoms with Crippen LogP contribution >= 0.6 is 0 Å². The molecule has 2 aromatic carbocycles. The van der Waals surface area contributed by atoms with Crippen LogP contribution in [0.25, 0.3) is 11.4 Å². The second kappa shape index (κ2) is 8.94. The third-order valence-electron chi connectivity index (χ3n) is 4.36. The molecule has 1 unspecified atom stereocenters. The van der Waals surface area contributed by atoms with Crippen molar-refractivity contribution in [1.82, 2.24) is 15.3 Å². The van der Waals surface area contributed by atoms with Gasteiger partial charge in [0.2, 0.25) is 0 Å². The molecule has 1 heterocycles. The number of hydrogen-bond acceptors (Lipinski definition) is 4. The van der Waals surface area contributed by atoms with Crippen LogP contribution in [-0.2, 0) is 0 Å². The van der Waals surface area contributed by atoms with Crippen LogP contribution in [0.2, 0.25) is 0 Å². The number of anilines is 1. The molecule has 0 spiro atoms. The number of carbonyl (C=O) groups excluding carboxylic acids is 1. The van der Waals surface area contributed by atoms with E-state index in [1.54, 1.807) is 12.4 Å². The number of benzene rings is 2. The molecule has 1 amide bonds. The Kier molecular flexibility index (Phi) is 6.15. The van der Waals surface area contributed by atoms with E-state index in [0.717, 1.165) is 11.3 Å². The first-order valence-electron chi connectivity index (χ1n) is 9.10. The van der Waals surface area contributed by atoms with Crippen LogP contribution in [-0.4, -0.2) is 28.5 Å². The molecular formula is C22H24N4O. The number of hydrogen-bond donors (Lipinski definition) is 2. The molecule has 0 bridgehead atoms. The van der Waals surface area contributed by atoms with Crippen LogP contribution in [0.5, 0.6) is 0 Å². The van der Waals surface area contributed by atoms with Gasteiger partial charge in [0.05, 0.1) is 5.56 Å². The minimum absolute atomic E-state index is 0.126. The highest BCUT2D eigenvalue weighted by molar-refractivity contribution is 5.93. The van der Waals surface area contributed by atoms with Crippen molar-refractivity contribution in [1.29, 1.82) is 0 Å². The second-order valence-corrected chi connectivity index (χ2v) is 6.73. The van der Waals surface area contributed by atoms with Gasteiger partial charge >= 0.3 is 0 Å². The van der Waals surface area contributed by atoms with E-state index in [1.165, 1.54) is 0 Å². The fraction of sp³-hybridized carbons (Fsp3) is 0.227. The summed E-state index contributed by atoms with van der Waals surface area (Å²) in [6.45, 7) is 4.78. The van der Waals surface area contributed by atoms with Gasteiger partial charge in [-0.05, 0) is 18.1 Å². The summed E-state index contributed by atoms with van der Waals surface area (Å²) in [5.41, 5.74) is 2.43. The average Bonchev–Trinajstić information content (AvgIpc) is 2.72. The highest BCUT2D eigenvalue weighted by atomic mass is 16.1. The molecule has 0 radical (unpaired) electrons. The number of nitrogens with one attached hydrogen (secondary N) is 2. The molecule has 0 fully saturated rings. The molecule has 3 rings (SSSR count). The summed E-state index contributed by atoms with van der Waals surface area (Å²) in [4.78, 5) is 21.1. The summed E-state index contributed by atoms with van der Waals surface area (Å²) in [6.07, 6.45) is 3.14. The Bertz CT molecular complexity index is 849. The lowest BCUT2D eigenvalue weighted by Gasteiger charge is -2.24. The molecule has 3 aromatic rings. The van der Waals surface area contributed by atoms with Crippen molar-refractivity contribution < 1.29 is 4.79 Å². The normalized spacial score (nSPS) is 11.8. The maximum absolute atomic E-state index is 12.5. The highest BCUT2D eigenvalue weighted by Crippen LogP contribution is 2.14. The van der Waals surface area contributed by atoms with Crippen LogP contribution in [0.1, 0.15) is 24.2 Å². The summed E-state index contributed by atoms with van der Waals surface area (Å²) < 4.78 is 0. The SMILES string of the molecule is CC(C)C(CNC(=O)c1cnc(-c2ccccc2)nc1)Nc1ccccc1. The molecule has 2 N–H and O–H groups in total. The Balaban J connectivity index is 1.60. The Morgan fingerprint density at radius 1 is 0.926 bits per heavy atom. The minimum atomic E-state index is -0.171. The number of amides is 1. The molecule has 5 nitrogen and oxygen atoms in total. The molecule has 0 saturated carbocycles. The van der Waals surface area contributed by atoms with Crippen LogP contribution < -0.4 is 10.6 Å². The van der Waals surface area contributed by atoms with Gasteiger partial charge < -0.3 is 10.6 Å². The quantitative estimate of drug-likeness (QED) is 0.668. The van der Waals surface area contributed by atoms with Gasteiger partial charge in [0.25, 0.3) is 5.91 Å². The van der Waals surface area contributed by atoms with Gasteiger partial charge in [-0.25, -0.2) is 9.97 Å². The van der Waals surface area contributed by atoms with Crippen molar-refractivity contribution in [2.24, 2.45) is 5.92 Å². The standard InChI is InChI=1S/C22H24N4O/c1-16(2)20(26-19-11-7-4-8-12-19)15-25-22(27)18-13-23-21(24-14-18)17-9-5-3-6-10-17/h3-14,16,20,26H,15H2,1-2H3,(H,25,27). The van der Waals surface area contributed by atoms with Gasteiger partial charge in [0.1, 0.15) is 0 Å². The molecule has 5 heteroatoms. The first-order valence-corrected chi connectivity index (χ1v) is 9.10. The van der Waals surface area contributed by atoms with Gasteiger partial charge in [0, 0.05) is 36.2 Å². The van der Waals surface area contributed by atoms with E-state index in [-0.39, 0.29) is 11.9 Å². The van der Waals surface area contributed by atoms with Crippen molar-refractivity contribution in [2.45, 2.75) is 19.9 Å². The van der Waals surface area contributed by atoms with Gasteiger partial charge in [0.15, 0.2) is 5.82 Å². The van der Waals surface area contributed by atoms with Crippen molar-refractivity contribution in [3.8, 4) is 11.4 Å². The van der Waals surface area contributed by atoms with Crippen molar-refractivity contribution >= 4 is 11.6 Å². The van der Waals surface area contributed by atoms with Crippen LogP contribution in [0.4, 0.5) is 5.69 Å². The van der Waals surface area contributed by atoms with Crippen molar-refractivity contribution in [2.75, 3.05) is 11.9 Å². The number of aromatic nitrogens is 2. The maximum atomic E-state index is 12.5. The highest BCUT2D eigenvalue weighted by Gasteiger charge is 2.15. The van der Waals surface area contributed by atoms with E-state index in [4.69, 9.17) is 0 Å². The molecule has 27 heavy (non-hydrogen) atoms. The summed E-state index contributed by atoms with van der Waals surface area (Å²) in [6, 6.07) is 19.8. The topological polar surface area (TPSA) is 66.9 Å². The predicted octanol–water partition coefficient (Wildman–Crippen LogP) is 4.01. The number of nitrogens with zero attached hydrogens (tertiary/aromatic N) is 2. The van der Waals surface area contributed by atoms with E-state index in [0.29, 0.717) is 23.9 Å². The summed E-state index contributed by atoms with van der Waals surface area (Å²) in [5, 5.41) is 6.45. The van der Waals surface area contributed by atoms with E-state index in [9.17, 15) is 4.79 Å². The van der Waals surface area contributed by atoms with Crippen LogP contribution in [0.15, 0.2) is 73.1 Å². The third kappa shape index (κ3) is 5.14. The lowest BCUT2D eigenvalue weighted by Crippen LogP contribution is -2.39. The third-order valence-corrected chi connectivity index (χ3v) is 4.36. The van der Waals surface area contributed by atoms with Gasteiger partial charge in [-0.2, -0.15) is 0 Å². The van der Waals surface area contributed by atoms with E-state index in [1.807, 2.05) is 60.7 Å². The van der Waals surface area contributed by atoms with E-state index < -0.39 is 0 Å². The average molecular weight is 360 g/mol. The first kappa shape index (κ1) is 18.6. The number of rotatable bonds is 7. The lowest BCUT2D eigenvalue weighted by molar-refractivity contribution is 0.0949. The van der Waals surface area contributed by atoms with Gasteiger partial charge in [-0.3, -0.25) is 4.79 Å². The number of para-hydroxylation sites is 1. The maximum Gasteiger partial charge on any atom is 0.254 e. The molecule has 0 aliphatic heterocycles. The largest absolute Gasteiger partial charge is 0.380 e. The Morgan fingerprint density at radius 3 is 2.11 bits per heavy atom. The van der Waals surface area contributed by atoms with E-state index >= 15 is 0 Å². The molecular weight excluding hydrogens is 336 g/mol. The zero-order valence-electron chi connectivity index (χ0n) is 15.6. The first-order chi connectivity index (χ1) is 13.1. The van der Waals surface area contributed by atoms with Crippen molar-refractivity contribution in [3.63, 3.8) is 0 Å². The smallest absolute Gasteiger partial charge is 0.254 e. The Labute approximate surface area is 159 Å². The fourth-order valence-electron chi connectivity index (χ4n) is 2.69. The van der Waals surface area contributed by atoms with Crippen LogP contribution in [0, 0.1) is 5.92 Å². The zero-order valence-corrected chi connectivity index (χ0v) is 15.6. The second-order valence-electron chi connectivity index (χ2n) is 6.73. The molecule has 0 saturated heterocycles. The fourth-order valence-corrected chi connectivity index (χ4v) is 2.69. The van der Waals surface area contributed by atoms with Gasteiger partial charge in [-0.15, -0.1) is 0 Å². The zero-order chi connectivity index (χ0) is 19.1. The predicted molar refractivity (Wildman–Crippen MR) is 108 cm³/mol. The van der Waals surface area contributed by atoms with Crippen molar-refractivity contribution in [3.05, 3.63) is 78.6 Å². The molecule has 0 aliphatic carbocycles. The molecule has 1 aromatic heterocycles. The molecule has 1 atom stereocenters. The van der Waals surface area contributed by atoms with Crippen LogP contribution in [0.3, 0.4) is 0 Å². The summed E-state index contributed by atoms with van der Waals surface area (Å²) in [7, 11) is 0. The molecule has 138 valence electrons. The summed E-state index contributed by atoms with van der Waals surface area (Å²) >= 11 is 0. The number of carbonyl (C=O) groups is 1. The monoisotopic (exact) mass is 360 g/mol. The van der Waals surface area contributed by atoms with Gasteiger partial charge in [-0.1, -0.05) is 62.4 Å². The Hall–Kier alpha value is -3.21. The Morgan fingerprint density at radius 2 is 1.52 bits per heavy atom.